The van der Waals surface area contributed by atoms with Crippen LogP contribution in [0.2, 0.25) is 0 Å². The fraction of sp³-hybridized carbons (Fsp3) is 0.278. The molecule has 6 heteroatoms. The van der Waals surface area contributed by atoms with E-state index in [0.717, 1.165) is 32.5 Å². The zero-order valence-corrected chi connectivity index (χ0v) is 16.4. The quantitative estimate of drug-likeness (QED) is 0.752. The number of anilines is 1. The maximum absolute atomic E-state index is 12.2. The van der Waals surface area contributed by atoms with E-state index < -0.39 is 0 Å². The number of carbonyl (C=O) groups excluding carboxylic acids is 1. The van der Waals surface area contributed by atoms with Gasteiger partial charge in [0, 0.05) is 15.9 Å². The minimum atomic E-state index is -0.122. The third-order valence-electron chi connectivity index (χ3n) is 3.86. The highest BCUT2D eigenvalue weighted by Gasteiger charge is 2.14. The highest BCUT2D eigenvalue weighted by molar-refractivity contribution is 9.10. The second-order valence-electron chi connectivity index (χ2n) is 5.54. The lowest BCUT2D eigenvalue weighted by atomic mass is 10.1. The van der Waals surface area contributed by atoms with Crippen LogP contribution in [0.3, 0.4) is 0 Å². The fourth-order valence-electron chi connectivity index (χ4n) is 2.20. The molecule has 1 heterocycles. The Balaban J connectivity index is 2.09. The predicted molar refractivity (Wildman–Crippen MR) is 101 cm³/mol. The Bertz CT molecular complexity index is 843. The summed E-state index contributed by atoms with van der Waals surface area (Å²) in [5, 5.41) is 12.8. The topological polar surface area (TPSA) is 65.8 Å². The van der Waals surface area contributed by atoms with Gasteiger partial charge in [-0.3, -0.25) is 4.79 Å². The van der Waals surface area contributed by atoms with Crippen LogP contribution in [0.4, 0.5) is 5.69 Å². The average molecular weight is 404 g/mol. The van der Waals surface area contributed by atoms with Crippen molar-refractivity contribution in [1.82, 2.24) is 4.98 Å². The molecule has 1 N–H and O–H groups in total. The molecule has 1 aromatic heterocycles. The number of nitriles is 1. The van der Waals surface area contributed by atoms with Crippen molar-refractivity contribution in [2.24, 2.45) is 0 Å². The molecule has 1 aromatic carbocycles. The Kier molecular flexibility index (Phi) is 6.03. The zero-order valence-electron chi connectivity index (χ0n) is 14.0. The summed E-state index contributed by atoms with van der Waals surface area (Å²) in [5.74, 6) is 0.0851. The van der Waals surface area contributed by atoms with Gasteiger partial charge in [-0.15, -0.1) is 0 Å². The number of carbonyl (C=O) groups is 1. The van der Waals surface area contributed by atoms with E-state index in [1.165, 1.54) is 11.8 Å². The number of aromatic nitrogens is 1. The van der Waals surface area contributed by atoms with E-state index in [1.807, 2.05) is 45.9 Å². The fourth-order valence-corrected chi connectivity index (χ4v) is 3.33. The number of benzene rings is 1. The standard InChI is InChI=1S/C18H18BrN3OS/c1-10-7-14(5-6-16(10)19)22-17(23)9-24-18-15(8-20)12(3)11(2)13(4)21-18/h5-7H,9H2,1-4H3,(H,22,23). The van der Waals surface area contributed by atoms with Crippen molar-refractivity contribution < 1.29 is 4.79 Å². The lowest BCUT2D eigenvalue weighted by molar-refractivity contribution is -0.113. The van der Waals surface area contributed by atoms with Crippen LogP contribution >= 0.6 is 27.7 Å². The molecular weight excluding hydrogens is 386 g/mol. The molecular formula is C18H18BrN3OS. The molecule has 0 saturated heterocycles. The number of amides is 1. The van der Waals surface area contributed by atoms with E-state index in [0.29, 0.717) is 10.6 Å². The van der Waals surface area contributed by atoms with Crippen molar-refractivity contribution in [3.63, 3.8) is 0 Å². The number of halogens is 1. The third-order valence-corrected chi connectivity index (χ3v) is 5.72. The lowest BCUT2D eigenvalue weighted by Gasteiger charge is -2.11. The number of aryl methyl sites for hydroxylation is 2. The van der Waals surface area contributed by atoms with Crippen molar-refractivity contribution >= 4 is 39.3 Å². The first-order valence-electron chi connectivity index (χ1n) is 7.40. The van der Waals surface area contributed by atoms with E-state index in [1.54, 1.807) is 0 Å². The summed E-state index contributed by atoms with van der Waals surface area (Å²) in [4.78, 5) is 16.6. The van der Waals surface area contributed by atoms with Crippen molar-refractivity contribution in [1.29, 1.82) is 5.26 Å². The average Bonchev–Trinajstić information content (AvgIpc) is 2.54. The van der Waals surface area contributed by atoms with Crippen LogP contribution in [0, 0.1) is 39.0 Å². The van der Waals surface area contributed by atoms with Gasteiger partial charge in [-0.2, -0.15) is 5.26 Å². The SMILES string of the molecule is Cc1cc(NC(=O)CSc2nc(C)c(C)c(C)c2C#N)ccc1Br. The normalized spacial score (nSPS) is 10.3. The van der Waals surface area contributed by atoms with E-state index in [4.69, 9.17) is 0 Å². The molecule has 2 aromatic rings. The summed E-state index contributed by atoms with van der Waals surface area (Å²) in [5.41, 5.74) is 5.19. The van der Waals surface area contributed by atoms with Crippen molar-refractivity contribution in [2.45, 2.75) is 32.7 Å². The lowest BCUT2D eigenvalue weighted by Crippen LogP contribution is -2.14. The van der Waals surface area contributed by atoms with Gasteiger partial charge >= 0.3 is 0 Å². The van der Waals surface area contributed by atoms with E-state index in [-0.39, 0.29) is 11.7 Å². The van der Waals surface area contributed by atoms with Crippen LogP contribution in [0.15, 0.2) is 27.7 Å². The Hall–Kier alpha value is -1.84. The number of nitrogens with one attached hydrogen (secondary N) is 1. The summed E-state index contributed by atoms with van der Waals surface area (Å²) < 4.78 is 1.00. The second kappa shape index (κ2) is 7.82. The zero-order chi connectivity index (χ0) is 17.9. The molecule has 1 amide bonds. The molecule has 0 aliphatic carbocycles. The Labute approximate surface area is 154 Å². The molecule has 4 nitrogen and oxygen atoms in total. The predicted octanol–water partition coefficient (Wildman–Crippen LogP) is 4.68. The molecule has 0 aliphatic heterocycles. The minimum absolute atomic E-state index is 0.122. The monoisotopic (exact) mass is 403 g/mol. The molecule has 0 radical (unpaired) electrons. The van der Waals surface area contributed by atoms with E-state index in [9.17, 15) is 10.1 Å². The minimum Gasteiger partial charge on any atom is -0.325 e. The van der Waals surface area contributed by atoms with Gasteiger partial charge in [0.2, 0.25) is 5.91 Å². The molecule has 0 spiro atoms. The summed E-state index contributed by atoms with van der Waals surface area (Å²) in [7, 11) is 0. The number of hydrogen-bond donors (Lipinski definition) is 1. The molecule has 0 unspecified atom stereocenters. The van der Waals surface area contributed by atoms with Gasteiger partial charge in [0.1, 0.15) is 11.1 Å². The first-order valence-corrected chi connectivity index (χ1v) is 9.18. The summed E-state index contributed by atoms with van der Waals surface area (Å²) in [6.45, 7) is 7.75. The van der Waals surface area contributed by atoms with Crippen LogP contribution in [0.1, 0.15) is 27.9 Å². The Morgan fingerprint density at radius 2 is 2.00 bits per heavy atom. The van der Waals surface area contributed by atoms with Gasteiger partial charge in [-0.05, 0) is 62.6 Å². The van der Waals surface area contributed by atoms with Gasteiger partial charge in [0.25, 0.3) is 0 Å². The van der Waals surface area contributed by atoms with Gasteiger partial charge in [-0.1, -0.05) is 27.7 Å². The molecule has 0 fully saturated rings. The molecule has 0 bridgehead atoms. The van der Waals surface area contributed by atoms with Gasteiger partial charge in [-0.25, -0.2) is 4.98 Å². The maximum Gasteiger partial charge on any atom is 0.234 e. The Morgan fingerprint density at radius 1 is 1.29 bits per heavy atom. The molecule has 124 valence electrons. The molecule has 24 heavy (non-hydrogen) atoms. The number of pyridine rings is 1. The molecule has 0 saturated carbocycles. The molecule has 2 rings (SSSR count). The number of hydrogen-bond acceptors (Lipinski definition) is 4. The molecule has 0 atom stereocenters. The van der Waals surface area contributed by atoms with Crippen LogP contribution in [0.25, 0.3) is 0 Å². The highest BCUT2D eigenvalue weighted by Crippen LogP contribution is 2.26. The van der Waals surface area contributed by atoms with Crippen LogP contribution in [-0.4, -0.2) is 16.6 Å². The first kappa shape index (κ1) is 18.5. The van der Waals surface area contributed by atoms with Gasteiger partial charge in [0.15, 0.2) is 0 Å². The summed E-state index contributed by atoms with van der Waals surface area (Å²) in [6.07, 6.45) is 0. The van der Waals surface area contributed by atoms with Gasteiger partial charge in [0.05, 0.1) is 11.3 Å². The number of thioether (sulfide) groups is 1. The van der Waals surface area contributed by atoms with Gasteiger partial charge < -0.3 is 5.32 Å². The first-order chi connectivity index (χ1) is 11.3. The van der Waals surface area contributed by atoms with E-state index >= 15 is 0 Å². The van der Waals surface area contributed by atoms with Crippen molar-refractivity contribution in [3.8, 4) is 6.07 Å². The number of rotatable bonds is 4. The maximum atomic E-state index is 12.2. The van der Waals surface area contributed by atoms with Crippen molar-refractivity contribution in [2.75, 3.05) is 11.1 Å². The number of nitrogens with zero attached hydrogens (tertiary/aromatic N) is 2. The Morgan fingerprint density at radius 3 is 2.62 bits per heavy atom. The van der Waals surface area contributed by atoms with Crippen LogP contribution in [-0.2, 0) is 4.79 Å². The van der Waals surface area contributed by atoms with E-state index in [2.05, 4.69) is 32.3 Å². The van der Waals surface area contributed by atoms with Crippen LogP contribution in [0.5, 0.6) is 0 Å². The van der Waals surface area contributed by atoms with Crippen molar-refractivity contribution in [3.05, 3.63) is 50.6 Å². The largest absolute Gasteiger partial charge is 0.325 e. The third kappa shape index (κ3) is 4.16. The highest BCUT2D eigenvalue weighted by atomic mass is 79.9. The second-order valence-corrected chi connectivity index (χ2v) is 7.36. The smallest absolute Gasteiger partial charge is 0.234 e. The summed E-state index contributed by atoms with van der Waals surface area (Å²) in [6, 6.07) is 7.86. The summed E-state index contributed by atoms with van der Waals surface area (Å²) >= 11 is 4.72. The van der Waals surface area contributed by atoms with Crippen LogP contribution < -0.4 is 5.32 Å². The molecule has 0 aliphatic rings.